The van der Waals surface area contributed by atoms with Crippen LogP contribution in [0.25, 0.3) is 0 Å². The highest BCUT2D eigenvalue weighted by Gasteiger charge is 2.24. The minimum atomic E-state index is -0.378. The van der Waals surface area contributed by atoms with Crippen molar-refractivity contribution in [2.24, 2.45) is 4.99 Å². The maximum atomic E-state index is 13.8. The van der Waals surface area contributed by atoms with Gasteiger partial charge in [-0.1, -0.05) is 59.7 Å². The number of nitrogens with zero attached hydrogens (tertiary/aromatic N) is 1. The van der Waals surface area contributed by atoms with E-state index in [2.05, 4.69) is 52.6 Å². The van der Waals surface area contributed by atoms with Crippen LogP contribution in [0.1, 0.15) is 58.2 Å². The number of para-hydroxylation sites is 1. The molecule has 0 spiro atoms. The molecule has 128 valence electrons. The lowest BCUT2D eigenvalue weighted by Crippen LogP contribution is -2.17. The van der Waals surface area contributed by atoms with Crippen molar-refractivity contribution in [3.05, 3.63) is 58.9 Å². The summed E-state index contributed by atoms with van der Waals surface area (Å²) >= 11 is 0. The number of rotatable bonds is 2. The van der Waals surface area contributed by atoms with Gasteiger partial charge in [-0.3, -0.25) is 4.99 Å². The second-order valence-electron chi connectivity index (χ2n) is 8.17. The number of halogens is 1. The van der Waals surface area contributed by atoms with Crippen LogP contribution in [0.5, 0.6) is 5.75 Å². The van der Waals surface area contributed by atoms with E-state index in [-0.39, 0.29) is 28.1 Å². The number of aliphatic imine (C=N–C) groups is 1. The van der Waals surface area contributed by atoms with E-state index in [0.29, 0.717) is 5.56 Å². The molecule has 0 aliphatic heterocycles. The summed E-state index contributed by atoms with van der Waals surface area (Å²) in [5.74, 6) is -0.174. The van der Waals surface area contributed by atoms with Crippen LogP contribution in [0.3, 0.4) is 0 Å². The second-order valence-corrected chi connectivity index (χ2v) is 8.17. The van der Waals surface area contributed by atoms with Crippen molar-refractivity contribution < 1.29 is 9.50 Å². The van der Waals surface area contributed by atoms with Crippen LogP contribution in [0.2, 0.25) is 0 Å². The molecule has 1 N–H and O–H groups in total. The molecule has 0 heterocycles. The van der Waals surface area contributed by atoms with Crippen molar-refractivity contribution in [1.82, 2.24) is 0 Å². The Morgan fingerprint density at radius 1 is 0.958 bits per heavy atom. The van der Waals surface area contributed by atoms with E-state index in [9.17, 15) is 9.50 Å². The summed E-state index contributed by atoms with van der Waals surface area (Å²) in [6.07, 6.45) is 1.54. The van der Waals surface area contributed by atoms with E-state index < -0.39 is 0 Å². The highest BCUT2D eigenvalue weighted by atomic mass is 19.1. The fraction of sp³-hybridized carbons (Fsp3) is 0.381. The number of benzene rings is 2. The van der Waals surface area contributed by atoms with Crippen molar-refractivity contribution in [2.75, 3.05) is 0 Å². The van der Waals surface area contributed by atoms with Gasteiger partial charge >= 0.3 is 0 Å². The topological polar surface area (TPSA) is 32.6 Å². The van der Waals surface area contributed by atoms with Crippen LogP contribution in [0.4, 0.5) is 10.1 Å². The van der Waals surface area contributed by atoms with Gasteiger partial charge in [0.05, 0.1) is 5.69 Å². The smallest absolute Gasteiger partial charge is 0.148 e. The van der Waals surface area contributed by atoms with Crippen LogP contribution in [0.15, 0.2) is 41.4 Å². The molecule has 0 bridgehead atoms. The molecule has 0 aliphatic rings. The van der Waals surface area contributed by atoms with Crippen molar-refractivity contribution >= 4 is 11.9 Å². The summed E-state index contributed by atoms with van der Waals surface area (Å²) in [5, 5.41) is 10.7. The molecular weight excluding hydrogens is 301 g/mol. The molecule has 0 unspecified atom stereocenters. The molecule has 0 saturated heterocycles. The Morgan fingerprint density at radius 2 is 1.58 bits per heavy atom. The summed E-state index contributed by atoms with van der Waals surface area (Å²) in [4.78, 5) is 4.22. The van der Waals surface area contributed by atoms with Crippen LogP contribution in [0, 0.1) is 5.82 Å². The van der Waals surface area contributed by atoms with Crippen molar-refractivity contribution in [2.45, 2.75) is 52.4 Å². The molecule has 2 nitrogen and oxygen atoms in total. The minimum absolute atomic E-state index is 0.0612. The molecule has 0 amide bonds. The largest absolute Gasteiger partial charge is 0.507 e. The van der Waals surface area contributed by atoms with Crippen LogP contribution in [-0.4, -0.2) is 11.3 Å². The molecule has 24 heavy (non-hydrogen) atoms. The maximum Gasteiger partial charge on any atom is 0.148 e. The lowest BCUT2D eigenvalue weighted by Gasteiger charge is -2.26. The molecule has 0 saturated carbocycles. The Hall–Kier alpha value is -2.16. The van der Waals surface area contributed by atoms with Crippen molar-refractivity contribution in [1.29, 1.82) is 0 Å². The first-order chi connectivity index (χ1) is 11.0. The van der Waals surface area contributed by atoms with Gasteiger partial charge in [-0.25, -0.2) is 4.39 Å². The standard InChI is InChI=1S/C21H26FNO/c1-20(2,3)15-11-14(19(24)16(12-15)21(4,5)6)13-23-18-10-8-7-9-17(18)22/h7-13,24H,1-6H3. The maximum absolute atomic E-state index is 13.8. The fourth-order valence-corrected chi connectivity index (χ4v) is 2.46. The average molecular weight is 327 g/mol. The normalized spacial score (nSPS) is 12.8. The first kappa shape index (κ1) is 18.2. The third-order valence-electron chi connectivity index (χ3n) is 4.01. The number of phenolic OH excluding ortho intramolecular Hbond substituents is 1. The summed E-state index contributed by atoms with van der Waals surface area (Å²) in [6, 6.07) is 10.3. The Kier molecular flexibility index (Phi) is 4.84. The van der Waals surface area contributed by atoms with E-state index in [1.165, 1.54) is 12.3 Å². The summed E-state index contributed by atoms with van der Waals surface area (Å²) in [5.41, 5.74) is 2.58. The Morgan fingerprint density at radius 3 is 2.12 bits per heavy atom. The predicted molar refractivity (Wildman–Crippen MR) is 99.2 cm³/mol. The van der Waals surface area contributed by atoms with Gasteiger partial charge in [0.1, 0.15) is 11.6 Å². The van der Waals surface area contributed by atoms with E-state index in [4.69, 9.17) is 0 Å². The second kappa shape index (κ2) is 6.39. The third kappa shape index (κ3) is 4.02. The molecule has 0 aromatic heterocycles. The quantitative estimate of drug-likeness (QED) is 0.687. The minimum Gasteiger partial charge on any atom is -0.507 e. The van der Waals surface area contributed by atoms with E-state index in [1.54, 1.807) is 18.2 Å². The molecule has 3 heteroatoms. The molecule has 2 aromatic carbocycles. The van der Waals surface area contributed by atoms with Gasteiger partial charge in [-0.15, -0.1) is 0 Å². The monoisotopic (exact) mass is 327 g/mol. The molecule has 2 rings (SSSR count). The summed E-state index contributed by atoms with van der Waals surface area (Å²) < 4.78 is 13.8. The van der Waals surface area contributed by atoms with Crippen LogP contribution < -0.4 is 0 Å². The lowest BCUT2D eigenvalue weighted by molar-refractivity contribution is 0.444. The van der Waals surface area contributed by atoms with Gasteiger partial charge in [0.2, 0.25) is 0 Å². The molecule has 0 radical (unpaired) electrons. The van der Waals surface area contributed by atoms with Gasteiger partial charge in [-0.2, -0.15) is 0 Å². The lowest BCUT2D eigenvalue weighted by atomic mass is 9.79. The molecule has 0 aliphatic carbocycles. The van der Waals surface area contributed by atoms with Gasteiger partial charge in [0.15, 0.2) is 0 Å². The first-order valence-electron chi connectivity index (χ1n) is 8.17. The van der Waals surface area contributed by atoms with E-state index in [1.807, 2.05) is 6.07 Å². The summed E-state index contributed by atoms with van der Waals surface area (Å²) in [7, 11) is 0. The van der Waals surface area contributed by atoms with E-state index in [0.717, 1.165) is 11.1 Å². The van der Waals surface area contributed by atoms with E-state index >= 15 is 0 Å². The number of aromatic hydroxyl groups is 1. The highest BCUT2D eigenvalue weighted by Crippen LogP contribution is 2.37. The van der Waals surface area contributed by atoms with Crippen molar-refractivity contribution in [3.8, 4) is 5.75 Å². The third-order valence-corrected chi connectivity index (χ3v) is 4.01. The fourth-order valence-electron chi connectivity index (χ4n) is 2.46. The zero-order valence-electron chi connectivity index (χ0n) is 15.3. The Bertz CT molecular complexity index is 764. The summed E-state index contributed by atoms with van der Waals surface area (Å²) in [6.45, 7) is 12.6. The Labute approximate surface area is 144 Å². The highest BCUT2D eigenvalue weighted by molar-refractivity contribution is 5.86. The van der Waals surface area contributed by atoms with Crippen molar-refractivity contribution in [3.63, 3.8) is 0 Å². The number of hydrogen-bond donors (Lipinski definition) is 1. The zero-order valence-corrected chi connectivity index (χ0v) is 15.3. The molecular formula is C21H26FNO. The number of hydrogen-bond acceptors (Lipinski definition) is 2. The molecule has 0 fully saturated rings. The van der Waals surface area contributed by atoms with Crippen LogP contribution in [-0.2, 0) is 10.8 Å². The molecule has 2 aromatic rings. The number of phenols is 1. The van der Waals surface area contributed by atoms with Gasteiger partial charge < -0.3 is 5.11 Å². The zero-order chi connectivity index (χ0) is 18.1. The average Bonchev–Trinajstić information content (AvgIpc) is 2.45. The van der Waals surface area contributed by atoms with Crippen LogP contribution >= 0.6 is 0 Å². The van der Waals surface area contributed by atoms with Gasteiger partial charge in [0, 0.05) is 17.3 Å². The van der Waals surface area contributed by atoms with Gasteiger partial charge in [-0.05, 0) is 34.6 Å². The molecule has 0 atom stereocenters. The Balaban J connectivity index is 2.59. The first-order valence-corrected chi connectivity index (χ1v) is 8.17. The van der Waals surface area contributed by atoms with Gasteiger partial charge in [0.25, 0.3) is 0 Å². The SMILES string of the molecule is CC(C)(C)c1cc(C=Nc2ccccc2F)c(O)c(C(C)(C)C)c1. The predicted octanol–water partition coefficient (Wildman–Crippen LogP) is 5.88.